The lowest BCUT2D eigenvalue weighted by atomic mass is 9.94. The number of carbonyl (C=O) groups is 1. The van der Waals surface area contributed by atoms with Gasteiger partial charge < -0.3 is 4.90 Å². The van der Waals surface area contributed by atoms with Crippen LogP contribution in [0.4, 0.5) is 5.69 Å². The van der Waals surface area contributed by atoms with E-state index in [1.54, 1.807) is 60.5 Å². The first kappa shape index (κ1) is 21.8. The molecule has 5 nitrogen and oxygen atoms in total. The lowest BCUT2D eigenvalue weighted by Gasteiger charge is -2.33. The highest BCUT2D eigenvalue weighted by molar-refractivity contribution is 9.10. The highest BCUT2D eigenvalue weighted by Gasteiger charge is 2.30. The van der Waals surface area contributed by atoms with Gasteiger partial charge in [0.25, 0.3) is 10.0 Å². The minimum Gasteiger partial charge on any atom is -0.341 e. The fourth-order valence-electron chi connectivity index (χ4n) is 3.67. The molecule has 0 N–H and O–H groups in total. The molecule has 1 fully saturated rings. The number of benzene rings is 2. The summed E-state index contributed by atoms with van der Waals surface area (Å²) in [7, 11) is -2.08. The Balaban J connectivity index is 1.91. The summed E-state index contributed by atoms with van der Waals surface area (Å²) in [5, 5.41) is 0. The Morgan fingerprint density at radius 1 is 1.00 bits per heavy atom. The van der Waals surface area contributed by atoms with E-state index in [1.807, 2.05) is 6.92 Å². The third-order valence-corrected chi connectivity index (χ3v) is 7.84. The van der Waals surface area contributed by atoms with Crippen LogP contribution in [0.1, 0.15) is 37.7 Å². The Labute approximate surface area is 181 Å². The van der Waals surface area contributed by atoms with Gasteiger partial charge in [-0.05, 0) is 56.2 Å². The fourth-order valence-corrected chi connectivity index (χ4v) is 5.34. The third-order valence-electron chi connectivity index (χ3n) is 5.52. The second-order valence-corrected chi connectivity index (χ2v) is 10.4. The van der Waals surface area contributed by atoms with E-state index >= 15 is 0 Å². The van der Waals surface area contributed by atoms with Crippen molar-refractivity contribution in [1.82, 2.24) is 4.90 Å². The van der Waals surface area contributed by atoms with Gasteiger partial charge in [-0.25, -0.2) is 8.42 Å². The quantitative estimate of drug-likeness (QED) is 0.601. The largest absolute Gasteiger partial charge is 0.341 e. The van der Waals surface area contributed by atoms with Gasteiger partial charge in [-0.1, -0.05) is 52.9 Å². The molecule has 0 spiro atoms. The molecule has 1 aliphatic rings. The second-order valence-electron chi connectivity index (χ2n) is 7.60. The average molecular weight is 479 g/mol. The van der Waals surface area contributed by atoms with E-state index in [0.29, 0.717) is 5.69 Å². The second kappa shape index (κ2) is 9.30. The summed E-state index contributed by atoms with van der Waals surface area (Å²) in [5.41, 5.74) is 1.45. The minimum atomic E-state index is -3.87. The van der Waals surface area contributed by atoms with Crippen LogP contribution >= 0.6 is 15.9 Å². The zero-order valence-corrected chi connectivity index (χ0v) is 19.2. The van der Waals surface area contributed by atoms with Gasteiger partial charge >= 0.3 is 0 Å². The molecule has 7 heteroatoms. The number of anilines is 1. The Morgan fingerprint density at radius 3 is 2.17 bits per heavy atom. The number of sulfonamides is 1. The van der Waals surface area contributed by atoms with E-state index in [0.717, 1.165) is 35.7 Å². The summed E-state index contributed by atoms with van der Waals surface area (Å²) in [5.74, 6) is -0.185. The third kappa shape index (κ3) is 5.20. The van der Waals surface area contributed by atoms with Gasteiger partial charge in [0.15, 0.2) is 0 Å². The van der Waals surface area contributed by atoms with Crippen molar-refractivity contribution in [3.8, 4) is 0 Å². The maximum Gasteiger partial charge on any atom is 0.264 e. The van der Waals surface area contributed by atoms with Crippen molar-refractivity contribution in [2.24, 2.45) is 0 Å². The van der Waals surface area contributed by atoms with Gasteiger partial charge in [0.1, 0.15) is 6.54 Å². The summed E-state index contributed by atoms with van der Waals surface area (Å²) >= 11 is 3.38. The maximum absolute atomic E-state index is 13.4. The molecular formula is C22H27BrN2O3S. The van der Waals surface area contributed by atoms with Gasteiger partial charge in [-0.2, -0.15) is 0 Å². The lowest BCUT2D eigenvalue weighted by molar-refractivity contribution is -0.130. The fraction of sp³-hybridized carbons (Fsp3) is 0.409. The lowest BCUT2D eigenvalue weighted by Crippen LogP contribution is -2.45. The molecule has 0 aromatic heterocycles. The van der Waals surface area contributed by atoms with Crippen molar-refractivity contribution in [2.75, 3.05) is 17.9 Å². The zero-order valence-electron chi connectivity index (χ0n) is 16.8. The Morgan fingerprint density at radius 2 is 1.59 bits per heavy atom. The first-order chi connectivity index (χ1) is 13.8. The molecule has 2 aromatic carbocycles. The van der Waals surface area contributed by atoms with Crippen molar-refractivity contribution in [2.45, 2.75) is 50.0 Å². The van der Waals surface area contributed by atoms with Crippen LogP contribution in [0.25, 0.3) is 0 Å². The number of likely N-dealkylation sites (N-methyl/N-ethyl adjacent to an activating group) is 1. The minimum absolute atomic E-state index is 0.180. The van der Waals surface area contributed by atoms with Crippen molar-refractivity contribution < 1.29 is 13.2 Å². The summed E-state index contributed by atoms with van der Waals surface area (Å²) in [6, 6.07) is 13.9. The number of hydrogen-bond acceptors (Lipinski definition) is 3. The van der Waals surface area contributed by atoms with Crippen molar-refractivity contribution in [3.63, 3.8) is 0 Å². The maximum atomic E-state index is 13.4. The number of nitrogens with zero attached hydrogens (tertiary/aromatic N) is 2. The molecule has 0 bridgehead atoms. The predicted molar refractivity (Wildman–Crippen MR) is 119 cm³/mol. The molecule has 0 unspecified atom stereocenters. The molecular weight excluding hydrogens is 452 g/mol. The van der Waals surface area contributed by atoms with Crippen LogP contribution in [-0.2, 0) is 14.8 Å². The van der Waals surface area contributed by atoms with Crippen molar-refractivity contribution in [1.29, 1.82) is 0 Å². The van der Waals surface area contributed by atoms with Crippen LogP contribution in [0.2, 0.25) is 0 Å². The van der Waals surface area contributed by atoms with Crippen molar-refractivity contribution >= 4 is 37.5 Å². The highest BCUT2D eigenvalue weighted by Crippen LogP contribution is 2.27. The molecule has 29 heavy (non-hydrogen) atoms. The van der Waals surface area contributed by atoms with Crippen LogP contribution in [-0.4, -0.2) is 38.9 Å². The van der Waals surface area contributed by atoms with Crippen LogP contribution < -0.4 is 4.31 Å². The molecule has 1 saturated carbocycles. The smallest absolute Gasteiger partial charge is 0.264 e. The van der Waals surface area contributed by atoms with E-state index in [2.05, 4.69) is 15.9 Å². The first-order valence-electron chi connectivity index (χ1n) is 9.89. The monoisotopic (exact) mass is 478 g/mol. The zero-order chi connectivity index (χ0) is 21.0. The van der Waals surface area contributed by atoms with Gasteiger partial charge in [0.05, 0.1) is 10.6 Å². The Hall–Kier alpha value is -1.86. The van der Waals surface area contributed by atoms with E-state index in [-0.39, 0.29) is 23.4 Å². The van der Waals surface area contributed by atoms with Crippen LogP contribution in [0.3, 0.4) is 0 Å². The molecule has 0 saturated heterocycles. The predicted octanol–water partition coefficient (Wildman–Crippen LogP) is 4.74. The summed E-state index contributed by atoms with van der Waals surface area (Å²) < 4.78 is 28.9. The number of hydrogen-bond donors (Lipinski definition) is 0. The van der Waals surface area contributed by atoms with Gasteiger partial charge in [0, 0.05) is 17.6 Å². The molecule has 0 atom stereocenters. The molecule has 1 amide bonds. The summed E-state index contributed by atoms with van der Waals surface area (Å²) in [6.07, 6.45) is 5.38. The number of rotatable bonds is 6. The van der Waals surface area contributed by atoms with E-state index < -0.39 is 10.0 Å². The van der Waals surface area contributed by atoms with E-state index in [9.17, 15) is 13.2 Å². The normalized spacial score (nSPS) is 15.1. The van der Waals surface area contributed by atoms with E-state index in [4.69, 9.17) is 0 Å². The molecule has 0 aliphatic heterocycles. The van der Waals surface area contributed by atoms with Crippen LogP contribution in [0.15, 0.2) is 57.9 Å². The summed E-state index contributed by atoms with van der Waals surface area (Å²) in [6.45, 7) is 1.69. The Bertz CT molecular complexity index is 937. The SMILES string of the molecule is Cc1ccc(S(=O)(=O)N(CC(=O)N(C)C2CCCCC2)c2ccc(Br)cc2)cc1. The molecule has 156 valence electrons. The standard InChI is InChI=1S/C22H27BrN2O3S/c1-17-8-14-21(15-9-17)29(27,28)25(20-12-10-18(23)11-13-20)16-22(26)24(2)19-6-4-3-5-7-19/h8-15,19H,3-7,16H2,1-2H3. The Kier molecular flexibility index (Phi) is 7.01. The van der Waals surface area contributed by atoms with Crippen LogP contribution in [0, 0.1) is 6.92 Å². The van der Waals surface area contributed by atoms with Crippen LogP contribution in [0.5, 0.6) is 0 Å². The highest BCUT2D eigenvalue weighted by atomic mass is 79.9. The van der Waals surface area contributed by atoms with Gasteiger partial charge in [0.2, 0.25) is 5.91 Å². The molecule has 0 radical (unpaired) electrons. The number of carbonyl (C=O) groups excluding carboxylic acids is 1. The number of aryl methyl sites for hydroxylation is 1. The van der Waals surface area contributed by atoms with E-state index in [1.165, 1.54) is 10.7 Å². The average Bonchev–Trinajstić information content (AvgIpc) is 2.73. The molecule has 1 aliphatic carbocycles. The van der Waals surface area contributed by atoms with Gasteiger partial charge in [-0.15, -0.1) is 0 Å². The van der Waals surface area contributed by atoms with Gasteiger partial charge in [-0.3, -0.25) is 9.10 Å². The topological polar surface area (TPSA) is 57.7 Å². The number of amides is 1. The molecule has 2 aromatic rings. The number of halogens is 1. The molecule has 3 rings (SSSR count). The van der Waals surface area contributed by atoms with Crippen molar-refractivity contribution in [3.05, 3.63) is 58.6 Å². The summed E-state index contributed by atoms with van der Waals surface area (Å²) in [4.78, 5) is 14.9. The first-order valence-corrected chi connectivity index (χ1v) is 12.1. The molecule has 0 heterocycles.